The van der Waals surface area contributed by atoms with E-state index in [9.17, 15) is 39.9 Å². The molecule has 0 saturated heterocycles. The lowest BCUT2D eigenvalue weighted by Crippen LogP contribution is -2.58. The summed E-state index contributed by atoms with van der Waals surface area (Å²) in [5.74, 6) is -2.02. The highest BCUT2D eigenvalue weighted by Crippen LogP contribution is 2.12. The highest BCUT2D eigenvalue weighted by molar-refractivity contribution is 5.81. The number of likely N-dealkylation sites (N-methyl/N-ethyl adjacent to an activating group) is 2. The molecule has 15 nitrogen and oxygen atoms in total. The van der Waals surface area contributed by atoms with E-state index >= 15 is 0 Å². The normalized spacial score (nSPS) is 16.5. The SMILES string of the molecule is CCN(C(CO)CN(CC(=O)O)CC(CO)N(CC)C(C)C(=O)NCC(O)CO)C(C)C(=O)NCC(O)CO. The van der Waals surface area contributed by atoms with Gasteiger partial charge < -0.3 is 46.4 Å². The second-order valence-electron chi connectivity index (χ2n) is 9.44. The lowest BCUT2D eigenvalue weighted by Gasteiger charge is -2.40. The molecule has 0 spiro atoms. The predicted octanol–water partition coefficient (Wildman–Crippen LogP) is -4.55. The Morgan fingerprint density at radius 3 is 1.31 bits per heavy atom. The van der Waals surface area contributed by atoms with Crippen LogP contribution in [-0.2, 0) is 14.4 Å². The Kier molecular flexibility index (Phi) is 19.0. The van der Waals surface area contributed by atoms with Gasteiger partial charge in [0, 0.05) is 38.3 Å². The lowest BCUT2D eigenvalue weighted by atomic mass is 10.1. The van der Waals surface area contributed by atoms with E-state index in [0.29, 0.717) is 13.1 Å². The minimum atomic E-state index is -1.14. The van der Waals surface area contributed by atoms with Crippen LogP contribution in [0.25, 0.3) is 0 Å². The molecule has 0 aromatic rings. The molecule has 0 aromatic heterocycles. The molecular formula is C24H49N5O10. The van der Waals surface area contributed by atoms with Crippen LogP contribution in [-0.4, -0.2) is 177 Å². The Labute approximate surface area is 230 Å². The van der Waals surface area contributed by atoms with Crippen LogP contribution in [0.5, 0.6) is 0 Å². The van der Waals surface area contributed by atoms with Gasteiger partial charge in [-0.3, -0.25) is 29.1 Å². The Morgan fingerprint density at radius 1 is 0.692 bits per heavy atom. The smallest absolute Gasteiger partial charge is 0.317 e. The van der Waals surface area contributed by atoms with Crippen LogP contribution in [0.3, 0.4) is 0 Å². The zero-order valence-corrected chi connectivity index (χ0v) is 23.4. The van der Waals surface area contributed by atoms with Gasteiger partial charge in [-0.15, -0.1) is 0 Å². The van der Waals surface area contributed by atoms with Crippen molar-refractivity contribution in [3.8, 4) is 0 Å². The molecule has 0 bridgehead atoms. The number of nitrogens with zero attached hydrogens (tertiary/aromatic N) is 3. The molecule has 0 saturated carbocycles. The number of amides is 2. The molecule has 0 rings (SSSR count). The maximum absolute atomic E-state index is 12.6. The van der Waals surface area contributed by atoms with Crippen molar-refractivity contribution >= 4 is 17.8 Å². The molecule has 6 atom stereocenters. The highest BCUT2D eigenvalue weighted by Gasteiger charge is 2.32. The molecule has 6 unspecified atom stereocenters. The van der Waals surface area contributed by atoms with Crippen molar-refractivity contribution in [3.63, 3.8) is 0 Å². The topological polar surface area (TPSA) is 227 Å². The van der Waals surface area contributed by atoms with Crippen molar-refractivity contribution < 1.29 is 50.1 Å². The summed E-state index contributed by atoms with van der Waals surface area (Å²) >= 11 is 0. The molecule has 0 aromatic carbocycles. The zero-order valence-electron chi connectivity index (χ0n) is 23.4. The Balaban J connectivity index is 5.66. The lowest BCUT2D eigenvalue weighted by molar-refractivity contribution is -0.139. The number of carbonyl (C=O) groups is 3. The van der Waals surface area contributed by atoms with Gasteiger partial charge in [-0.05, 0) is 26.9 Å². The van der Waals surface area contributed by atoms with E-state index < -0.39 is 87.1 Å². The third-order valence-corrected chi connectivity index (χ3v) is 6.59. The zero-order chi connectivity index (χ0) is 30.1. The number of rotatable bonds is 22. The number of hydrogen-bond donors (Lipinski definition) is 9. The Bertz CT molecular complexity index is 669. The summed E-state index contributed by atoms with van der Waals surface area (Å²) in [4.78, 5) is 41.8. The van der Waals surface area contributed by atoms with Crippen molar-refractivity contribution in [2.75, 3.05) is 72.2 Å². The fraction of sp³-hybridized carbons (Fsp3) is 0.875. The first-order valence-electron chi connectivity index (χ1n) is 13.2. The number of aliphatic hydroxyl groups excluding tert-OH is 6. The van der Waals surface area contributed by atoms with Gasteiger partial charge >= 0.3 is 5.97 Å². The van der Waals surface area contributed by atoms with Crippen LogP contribution >= 0.6 is 0 Å². The highest BCUT2D eigenvalue weighted by atomic mass is 16.4. The number of aliphatic hydroxyl groups is 6. The van der Waals surface area contributed by atoms with Crippen LogP contribution in [0.2, 0.25) is 0 Å². The van der Waals surface area contributed by atoms with Gasteiger partial charge in [-0.1, -0.05) is 13.8 Å². The van der Waals surface area contributed by atoms with E-state index in [0.717, 1.165) is 0 Å². The first-order valence-corrected chi connectivity index (χ1v) is 13.2. The van der Waals surface area contributed by atoms with E-state index in [1.54, 1.807) is 37.5 Å². The predicted molar refractivity (Wildman–Crippen MR) is 142 cm³/mol. The number of carbonyl (C=O) groups excluding carboxylic acids is 2. The maximum Gasteiger partial charge on any atom is 0.317 e. The van der Waals surface area contributed by atoms with E-state index in [1.165, 1.54) is 4.90 Å². The molecular weight excluding hydrogens is 518 g/mol. The van der Waals surface area contributed by atoms with Gasteiger partial charge in [-0.2, -0.15) is 0 Å². The Hall–Kier alpha value is -1.95. The number of nitrogens with one attached hydrogen (secondary N) is 2. The van der Waals surface area contributed by atoms with Crippen LogP contribution < -0.4 is 10.6 Å². The fourth-order valence-corrected chi connectivity index (χ4v) is 4.39. The number of carboxylic acid groups (broad SMARTS) is 1. The molecule has 9 N–H and O–H groups in total. The van der Waals surface area contributed by atoms with Gasteiger partial charge in [-0.25, -0.2) is 0 Å². The average molecular weight is 568 g/mol. The summed E-state index contributed by atoms with van der Waals surface area (Å²) in [6.45, 7) is 4.98. The minimum absolute atomic E-state index is 0.0326. The summed E-state index contributed by atoms with van der Waals surface area (Å²) in [6.07, 6.45) is -2.23. The molecule has 39 heavy (non-hydrogen) atoms. The van der Waals surface area contributed by atoms with E-state index in [2.05, 4.69) is 10.6 Å². The monoisotopic (exact) mass is 567 g/mol. The summed E-state index contributed by atoms with van der Waals surface area (Å²) in [6, 6.07) is -2.81. The van der Waals surface area contributed by atoms with Gasteiger partial charge in [0.1, 0.15) is 0 Å². The third kappa shape index (κ3) is 13.3. The Morgan fingerprint density at radius 2 is 1.05 bits per heavy atom. The molecule has 15 heteroatoms. The van der Waals surface area contributed by atoms with Crippen molar-refractivity contribution in [2.45, 2.75) is 64.1 Å². The quantitative estimate of drug-likeness (QED) is 0.0601. The standard InChI is InChI=1S/C24H49N5O10/c1-5-28(16(3)23(38)25-7-20(34)14-32)18(12-30)9-27(11-22(36)37)10-19(13-31)29(6-2)17(4)24(39)26-8-21(35)15-33/h16-21,30-35H,5-15H2,1-4H3,(H,25,38)(H,26,39)(H,36,37). The largest absolute Gasteiger partial charge is 0.480 e. The second kappa shape index (κ2) is 20.0. The summed E-state index contributed by atoms with van der Waals surface area (Å²) in [7, 11) is 0. The molecule has 2 amide bonds. The molecule has 0 radical (unpaired) electrons. The van der Waals surface area contributed by atoms with E-state index in [-0.39, 0.29) is 26.2 Å². The number of aliphatic carboxylic acids is 1. The van der Waals surface area contributed by atoms with Gasteiger partial charge in [0.25, 0.3) is 0 Å². The van der Waals surface area contributed by atoms with Gasteiger partial charge in [0.05, 0.1) is 57.3 Å². The van der Waals surface area contributed by atoms with Crippen LogP contribution in [0, 0.1) is 0 Å². The van der Waals surface area contributed by atoms with Crippen LogP contribution in [0.15, 0.2) is 0 Å². The van der Waals surface area contributed by atoms with Crippen molar-refractivity contribution in [2.24, 2.45) is 0 Å². The fourth-order valence-electron chi connectivity index (χ4n) is 4.39. The van der Waals surface area contributed by atoms with Crippen LogP contribution in [0.1, 0.15) is 27.7 Å². The number of carboxylic acids is 1. The molecule has 0 aliphatic heterocycles. The van der Waals surface area contributed by atoms with E-state index in [4.69, 9.17) is 10.2 Å². The van der Waals surface area contributed by atoms with Gasteiger partial charge in [0.2, 0.25) is 11.8 Å². The minimum Gasteiger partial charge on any atom is -0.480 e. The van der Waals surface area contributed by atoms with Crippen molar-refractivity contribution in [1.82, 2.24) is 25.3 Å². The third-order valence-electron chi connectivity index (χ3n) is 6.59. The summed E-state index contributed by atoms with van der Waals surface area (Å²) in [5.41, 5.74) is 0. The van der Waals surface area contributed by atoms with E-state index in [1.807, 2.05) is 0 Å². The molecule has 0 fully saturated rings. The molecule has 0 heterocycles. The van der Waals surface area contributed by atoms with Crippen molar-refractivity contribution in [1.29, 1.82) is 0 Å². The maximum atomic E-state index is 12.6. The summed E-state index contributed by atoms with van der Waals surface area (Å²) < 4.78 is 0. The average Bonchev–Trinajstić information content (AvgIpc) is 2.92. The van der Waals surface area contributed by atoms with Gasteiger partial charge in [0.15, 0.2) is 0 Å². The summed E-state index contributed by atoms with van der Waals surface area (Å²) in [5, 5.41) is 71.8. The molecule has 0 aliphatic rings. The first kappa shape index (κ1) is 37.0. The molecule has 230 valence electrons. The number of hydrogen-bond acceptors (Lipinski definition) is 12. The second-order valence-corrected chi connectivity index (χ2v) is 9.44. The first-order chi connectivity index (χ1) is 18.4. The van der Waals surface area contributed by atoms with Crippen molar-refractivity contribution in [3.05, 3.63) is 0 Å². The molecule has 0 aliphatic carbocycles. The van der Waals surface area contributed by atoms with Crippen LogP contribution in [0.4, 0.5) is 0 Å².